The Labute approximate surface area is 105 Å². The summed E-state index contributed by atoms with van der Waals surface area (Å²) in [7, 11) is 0. The van der Waals surface area contributed by atoms with Gasteiger partial charge in [-0.25, -0.2) is 0 Å². The average Bonchev–Trinajstić information content (AvgIpc) is 2.26. The molecule has 0 fully saturated rings. The van der Waals surface area contributed by atoms with Crippen LogP contribution in [0.25, 0.3) is 0 Å². The van der Waals surface area contributed by atoms with Crippen molar-refractivity contribution in [3.63, 3.8) is 0 Å². The molecule has 0 aromatic heterocycles. The van der Waals surface area contributed by atoms with Crippen LogP contribution >= 0.6 is 0 Å². The summed E-state index contributed by atoms with van der Waals surface area (Å²) in [5, 5.41) is 13.1. The molecule has 0 heterocycles. The fourth-order valence-corrected chi connectivity index (χ4v) is 1.84. The molecule has 1 rings (SSSR count). The minimum absolute atomic E-state index is 0.241. The SMILES string of the molecule is Cc1cccc(CCC(O)CNCC(C)C)c1. The molecule has 0 bridgehead atoms. The highest BCUT2D eigenvalue weighted by molar-refractivity contribution is 5.22. The van der Waals surface area contributed by atoms with E-state index in [0.717, 1.165) is 19.4 Å². The number of rotatable bonds is 7. The molecule has 1 aromatic carbocycles. The van der Waals surface area contributed by atoms with Crippen LogP contribution in [0.15, 0.2) is 24.3 Å². The minimum atomic E-state index is -0.241. The molecule has 0 saturated heterocycles. The molecule has 0 aliphatic heterocycles. The molecule has 1 atom stereocenters. The van der Waals surface area contributed by atoms with Crippen LogP contribution in [-0.4, -0.2) is 24.3 Å². The maximum atomic E-state index is 9.83. The van der Waals surface area contributed by atoms with E-state index in [1.807, 2.05) is 0 Å². The quantitative estimate of drug-likeness (QED) is 0.761. The van der Waals surface area contributed by atoms with Crippen LogP contribution in [0.2, 0.25) is 0 Å². The molecule has 0 amide bonds. The normalized spacial score (nSPS) is 13.0. The van der Waals surface area contributed by atoms with Gasteiger partial charge in [-0.1, -0.05) is 43.7 Å². The Bertz CT molecular complexity index is 322. The molecule has 0 radical (unpaired) electrons. The third-order valence-corrected chi connectivity index (χ3v) is 2.78. The summed E-state index contributed by atoms with van der Waals surface area (Å²) in [5.74, 6) is 0.638. The van der Waals surface area contributed by atoms with Crippen molar-refractivity contribution < 1.29 is 5.11 Å². The summed E-state index contributed by atoms with van der Waals surface area (Å²) < 4.78 is 0. The zero-order valence-electron chi connectivity index (χ0n) is 11.2. The van der Waals surface area contributed by atoms with Gasteiger partial charge in [0.1, 0.15) is 0 Å². The first kappa shape index (κ1) is 14.2. The molecule has 2 N–H and O–H groups in total. The zero-order chi connectivity index (χ0) is 12.7. The van der Waals surface area contributed by atoms with Gasteiger partial charge in [0.15, 0.2) is 0 Å². The highest BCUT2D eigenvalue weighted by Crippen LogP contribution is 2.07. The van der Waals surface area contributed by atoms with Crippen molar-refractivity contribution in [2.24, 2.45) is 5.92 Å². The van der Waals surface area contributed by atoms with Gasteiger partial charge in [-0.3, -0.25) is 0 Å². The van der Waals surface area contributed by atoms with Gasteiger partial charge in [0.05, 0.1) is 6.10 Å². The lowest BCUT2D eigenvalue weighted by Gasteiger charge is -2.13. The lowest BCUT2D eigenvalue weighted by Crippen LogP contribution is -2.29. The van der Waals surface area contributed by atoms with E-state index in [-0.39, 0.29) is 6.10 Å². The number of hydrogen-bond donors (Lipinski definition) is 2. The minimum Gasteiger partial charge on any atom is -0.392 e. The van der Waals surface area contributed by atoms with Crippen molar-refractivity contribution >= 4 is 0 Å². The maximum Gasteiger partial charge on any atom is 0.0667 e. The first-order valence-corrected chi connectivity index (χ1v) is 6.52. The van der Waals surface area contributed by atoms with Crippen LogP contribution < -0.4 is 5.32 Å². The van der Waals surface area contributed by atoms with Gasteiger partial charge >= 0.3 is 0 Å². The smallest absolute Gasteiger partial charge is 0.0667 e. The Morgan fingerprint density at radius 3 is 2.65 bits per heavy atom. The molecule has 0 aliphatic carbocycles. The third-order valence-electron chi connectivity index (χ3n) is 2.78. The Morgan fingerprint density at radius 2 is 2.00 bits per heavy atom. The van der Waals surface area contributed by atoms with Crippen LogP contribution in [0, 0.1) is 12.8 Å². The molecule has 1 aromatic rings. The van der Waals surface area contributed by atoms with Crippen molar-refractivity contribution in [1.29, 1.82) is 0 Å². The third kappa shape index (κ3) is 6.44. The lowest BCUT2D eigenvalue weighted by molar-refractivity contribution is 0.161. The molecule has 1 unspecified atom stereocenters. The van der Waals surface area contributed by atoms with Gasteiger partial charge in [0, 0.05) is 6.54 Å². The molecule has 96 valence electrons. The summed E-state index contributed by atoms with van der Waals surface area (Å²) in [4.78, 5) is 0. The molecule has 0 spiro atoms. The zero-order valence-corrected chi connectivity index (χ0v) is 11.2. The number of benzene rings is 1. The van der Waals surface area contributed by atoms with E-state index in [1.54, 1.807) is 0 Å². The second-order valence-corrected chi connectivity index (χ2v) is 5.23. The van der Waals surface area contributed by atoms with Crippen molar-refractivity contribution in [3.05, 3.63) is 35.4 Å². The molecule has 2 heteroatoms. The summed E-state index contributed by atoms with van der Waals surface area (Å²) in [5.41, 5.74) is 2.60. The second-order valence-electron chi connectivity index (χ2n) is 5.23. The Morgan fingerprint density at radius 1 is 1.24 bits per heavy atom. The Kier molecular flexibility index (Phi) is 6.23. The number of hydrogen-bond acceptors (Lipinski definition) is 2. The highest BCUT2D eigenvalue weighted by Gasteiger charge is 2.04. The predicted molar refractivity (Wildman–Crippen MR) is 73.2 cm³/mol. The van der Waals surface area contributed by atoms with E-state index in [0.29, 0.717) is 12.5 Å². The first-order chi connectivity index (χ1) is 8.08. The van der Waals surface area contributed by atoms with Crippen molar-refractivity contribution in [2.75, 3.05) is 13.1 Å². The lowest BCUT2D eigenvalue weighted by atomic mass is 10.0. The van der Waals surface area contributed by atoms with E-state index in [2.05, 4.69) is 50.4 Å². The topological polar surface area (TPSA) is 32.3 Å². The van der Waals surface area contributed by atoms with Crippen LogP contribution in [0.3, 0.4) is 0 Å². The van der Waals surface area contributed by atoms with E-state index < -0.39 is 0 Å². The van der Waals surface area contributed by atoms with Crippen molar-refractivity contribution in [3.8, 4) is 0 Å². The molecule has 0 aliphatic rings. The van der Waals surface area contributed by atoms with Gasteiger partial charge in [-0.15, -0.1) is 0 Å². The van der Waals surface area contributed by atoms with Crippen molar-refractivity contribution in [1.82, 2.24) is 5.32 Å². The summed E-state index contributed by atoms with van der Waals surface area (Å²) in [6.07, 6.45) is 1.54. The van der Waals surface area contributed by atoms with Gasteiger partial charge < -0.3 is 10.4 Å². The molecule has 17 heavy (non-hydrogen) atoms. The van der Waals surface area contributed by atoms with Gasteiger partial charge in [0.25, 0.3) is 0 Å². The van der Waals surface area contributed by atoms with Gasteiger partial charge in [-0.2, -0.15) is 0 Å². The highest BCUT2D eigenvalue weighted by atomic mass is 16.3. The fraction of sp³-hybridized carbons (Fsp3) is 0.600. The number of nitrogens with one attached hydrogen (secondary N) is 1. The summed E-state index contributed by atoms with van der Waals surface area (Å²) >= 11 is 0. The van der Waals surface area contributed by atoms with Crippen molar-refractivity contribution in [2.45, 2.75) is 39.7 Å². The van der Waals surface area contributed by atoms with E-state index in [9.17, 15) is 5.11 Å². The number of aryl methyl sites for hydroxylation is 2. The van der Waals surface area contributed by atoms with E-state index in [4.69, 9.17) is 0 Å². The molecule has 2 nitrogen and oxygen atoms in total. The fourth-order valence-electron chi connectivity index (χ4n) is 1.84. The van der Waals surface area contributed by atoms with Crippen LogP contribution in [0.4, 0.5) is 0 Å². The van der Waals surface area contributed by atoms with Gasteiger partial charge in [-0.05, 0) is 37.8 Å². The molecular formula is C15H25NO. The largest absolute Gasteiger partial charge is 0.392 e. The Hall–Kier alpha value is -0.860. The monoisotopic (exact) mass is 235 g/mol. The predicted octanol–water partition coefficient (Wildman–Crippen LogP) is 2.53. The second kappa shape index (κ2) is 7.46. The maximum absolute atomic E-state index is 9.83. The summed E-state index contributed by atoms with van der Waals surface area (Å²) in [6.45, 7) is 8.12. The van der Waals surface area contributed by atoms with Crippen LogP contribution in [0.5, 0.6) is 0 Å². The van der Waals surface area contributed by atoms with Crippen LogP contribution in [0.1, 0.15) is 31.4 Å². The first-order valence-electron chi connectivity index (χ1n) is 6.52. The van der Waals surface area contributed by atoms with E-state index in [1.165, 1.54) is 11.1 Å². The Balaban J connectivity index is 2.21. The number of aliphatic hydroxyl groups is 1. The summed E-state index contributed by atoms with van der Waals surface area (Å²) in [6, 6.07) is 8.49. The standard InChI is InChI=1S/C15H25NO/c1-12(2)10-16-11-15(17)8-7-14-6-4-5-13(3)9-14/h4-6,9,12,15-17H,7-8,10-11H2,1-3H3. The van der Waals surface area contributed by atoms with Gasteiger partial charge in [0.2, 0.25) is 0 Å². The van der Waals surface area contributed by atoms with Crippen LogP contribution in [-0.2, 0) is 6.42 Å². The van der Waals surface area contributed by atoms with E-state index >= 15 is 0 Å². The molecular weight excluding hydrogens is 210 g/mol. The number of aliphatic hydroxyl groups excluding tert-OH is 1. The average molecular weight is 235 g/mol. The molecule has 0 saturated carbocycles.